The third kappa shape index (κ3) is 1.26. The number of fused-ring (bicyclic) bond motifs is 1. The van der Waals surface area contributed by atoms with Gasteiger partial charge >= 0.3 is 0 Å². The number of Topliss-reactive ketones (excluding diaryl/α,β-unsaturated/α-hetero) is 1. The lowest BCUT2D eigenvalue weighted by Crippen LogP contribution is -2.32. The van der Waals surface area contributed by atoms with Crippen molar-refractivity contribution in [3.63, 3.8) is 0 Å². The summed E-state index contributed by atoms with van der Waals surface area (Å²) in [7, 11) is 0. The van der Waals surface area contributed by atoms with Crippen LogP contribution in [0.4, 0.5) is 0 Å². The van der Waals surface area contributed by atoms with Crippen molar-refractivity contribution in [2.24, 2.45) is 28.6 Å². The SMILES string of the molecule is CC(=O)C1=C(C)[C@@H]2C[C@@]3(C1)[C@H](C)CC[C@@H]3C2(C)C. The first kappa shape index (κ1) is 12.4. The van der Waals surface area contributed by atoms with E-state index in [4.69, 9.17) is 0 Å². The lowest BCUT2D eigenvalue weighted by molar-refractivity contribution is -0.114. The quantitative estimate of drug-likeness (QED) is 0.671. The minimum Gasteiger partial charge on any atom is -0.295 e. The number of allylic oxidation sites excluding steroid dienone is 2. The molecule has 0 N–H and O–H groups in total. The van der Waals surface area contributed by atoms with Crippen LogP contribution in [-0.4, -0.2) is 5.78 Å². The molecule has 2 saturated carbocycles. The van der Waals surface area contributed by atoms with Crippen LogP contribution < -0.4 is 0 Å². The van der Waals surface area contributed by atoms with Crippen molar-refractivity contribution in [1.29, 1.82) is 0 Å². The van der Waals surface area contributed by atoms with Crippen LogP contribution >= 0.6 is 0 Å². The van der Waals surface area contributed by atoms with E-state index in [1.54, 1.807) is 6.92 Å². The monoisotopic (exact) mass is 246 g/mol. The van der Waals surface area contributed by atoms with Crippen LogP contribution in [0.1, 0.15) is 60.3 Å². The van der Waals surface area contributed by atoms with Gasteiger partial charge in [0.25, 0.3) is 0 Å². The molecule has 100 valence electrons. The molecule has 0 radical (unpaired) electrons. The molecule has 0 aromatic rings. The molecule has 2 bridgehead atoms. The third-order valence-corrected chi connectivity index (χ3v) is 6.87. The van der Waals surface area contributed by atoms with Gasteiger partial charge in [-0.25, -0.2) is 0 Å². The van der Waals surface area contributed by atoms with Gasteiger partial charge in [0.15, 0.2) is 5.78 Å². The lowest BCUT2D eigenvalue weighted by Gasteiger charge is -2.38. The highest BCUT2D eigenvalue weighted by Crippen LogP contribution is 2.72. The molecule has 0 unspecified atom stereocenters. The Bertz CT molecular complexity index is 443. The molecule has 18 heavy (non-hydrogen) atoms. The Balaban J connectivity index is 2.15. The van der Waals surface area contributed by atoms with E-state index in [0.29, 0.717) is 22.5 Å². The van der Waals surface area contributed by atoms with Gasteiger partial charge in [-0.3, -0.25) is 4.79 Å². The number of carbonyl (C=O) groups excluding carboxylic acids is 1. The molecule has 0 aliphatic heterocycles. The second-order valence-corrected chi connectivity index (χ2v) is 7.74. The average Bonchev–Trinajstić information content (AvgIpc) is 2.68. The summed E-state index contributed by atoms with van der Waals surface area (Å²) in [4.78, 5) is 12.0. The number of carbonyl (C=O) groups is 1. The van der Waals surface area contributed by atoms with Crippen LogP contribution in [0.25, 0.3) is 0 Å². The van der Waals surface area contributed by atoms with Gasteiger partial charge in [-0.05, 0) is 73.7 Å². The van der Waals surface area contributed by atoms with Gasteiger partial charge in [0.05, 0.1) is 0 Å². The highest BCUT2D eigenvalue weighted by Gasteiger charge is 2.64. The topological polar surface area (TPSA) is 17.1 Å². The fraction of sp³-hybridized carbons (Fsp3) is 0.824. The Labute approximate surface area is 111 Å². The maximum Gasteiger partial charge on any atom is 0.155 e. The van der Waals surface area contributed by atoms with E-state index in [9.17, 15) is 4.79 Å². The van der Waals surface area contributed by atoms with Gasteiger partial charge in [0.1, 0.15) is 0 Å². The molecule has 4 atom stereocenters. The Morgan fingerprint density at radius 2 is 1.94 bits per heavy atom. The van der Waals surface area contributed by atoms with Crippen molar-refractivity contribution in [1.82, 2.24) is 0 Å². The maximum atomic E-state index is 12.0. The summed E-state index contributed by atoms with van der Waals surface area (Å²) in [6.45, 7) is 11.3. The van der Waals surface area contributed by atoms with E-state index >= 15 is 0 Å². The molecular formula is C17H26O. The predicted octanol–water partition coefficient (Wildman–Crippen LogP) is 4.37. The summed E-state index contributed by atoms with van der Waals surface area (Å²) in [5.41, 5.74) is 3.44. The van der Waals surface area contributed by atoms with E-state index in [-0.39, 0.29) is 0 Å². The van der Waals surface area contributed by atoms with Gasteiger partial charge in [0.2, 0.25) is 0 Å². The van der Waals surface area contributed by atoms with E-state index in [1.807, 2.05) is 0 Å². The first-order valence-corrected chi connectivity index (χ1v) is 7.51. The first-order valence-electron chi connectivity index (χ1n) is 7.51. The Morgan fingerprint density at radius 1 is 1.28 bits per heavy atom. The third-order valence-electron chi connectivity index (χ3n) is 6.87. The second-order valence-electron chi connectivity index (χ2n) is 7.74. The van der Waals surface area contributed by atoms with Crippen molar-refractivity contribution in [2.75, 3.05) is 0 Å². The van der Waals surface area contributed by atoms with Crippen molar-refractivity contribution < 1.29 is 4.79 Å². The van der Waals surface area contributed by atoms with Crippen LogP contribution in [0.15, 0.2) is 11.1 Å². The van der Waals surface area contributed by atoms with Gasteiger partial charge in [-0.15, -0.1) is 0 Å². The fourth-order valence-electron chi connectivity index (χ4n) is 5.84. The molecule has 3 aliphatic rings. The van der Waals surface area contributed by atoms with Gasteiger partial charge in [-0.1, -0.05) is 26.3 Å². The minimum absolute atomic E-state index is 0.326. The van der Waals surface area contributed by atoms with Crippen molar-refractivity contribution in [2.45, 2.75) is 60.3 Å². The van der Waals surface area contributed by atoms with E-state index < -0.39 is 0 Å². The minimum atomic E-state index is 0.326. The lowest BCUT2D eigenvalue weighted by atomic mass is 9.65. The molecule has 1 heteroatoms. The van der Waals surface area contributed by atoms with Crippen LogP contribution in [0.3, 0.4) is 0 Å². The van der Waals surface area contributed by atoms with Crippen molar-refractivity contribution >= 4 is 5.78 Å². The van der Waals surface area contributed by atoms with Crippen LogP contribution in [0.5, 0.6) is 0 Å². The number of ketones is 1. The molecule has 1 spiro atoms. The number of hydrogen-bond acceptors (Lipinski definition) is 1. The van der Waals surface area contributed by atoms with E-state index in [1.165, 1.54) is 30.4 Å². The van der Waals surface area contributed by atoms with Crippen LogP contribution in [-0.2, 0) is 4.79 Å². The highest BCUT2D eigenvalue weighted by molar-refractivity contribution is 5.94. The van der Waals surface area contributed by atoms with E-state index in [0.717, 1.165) is 18.3 Å². The molecule has 2 fully saturated rings. The number of rotatable bonds is 1. The normalized spacial score (nSPS) is 45.3. The Morgan fingerprint density at radius 3 is 2.56 bits per heavy atom. The fourth-order valence-corrected chi connectivity index (χ4v) is 5.84. The van der Waals surface area contributed by atoms with Gasteiger partial charge in [0, 0.05) is 0 Å². The standard InChI is InChI=1S/C17H26O/c1-10-6-7-15-16(4,5)14-9-17(10,15)8-13(11(14)2)12(3)18/h10,14-15H,6-9H2,1-5H3/t10-,14+,15-,17+/m1/s1. The summed E-state index contributed by atoms with van der Waals surface area (Å²) in [6, 6.07) is 0. The average molecular weight is 246 g/mol. The maximum absolute atomic E-state index is 12.0. The largest absolute Gasteiger partial charge is 0.295 e. The first-order chi connectivity index (χ1) is 8.30. The molecule has 0 heterocycles. The summed E-state index contributed by atoms with van der Waals surface area (Å²) < 4.78 is 0. The summed E-state index contributed by atoms with van der Waals surface area (Å²) in [6.07, 6.45) is 5.16. The molecular weight excluding hydrogens is 220 g/mol. The zero-order valence-corrected chi connectivity index (χ0v) is 12.5. The molecule has 0 saturated heterocycles. The zero-order chi connectivity index (χ0) is 13.3. The molecule has 0 amide bonds. The van der Waals surface area contributed by atoms with Gasteiger partial charge in [-0.2, -0.15) is 0 Å². The van der Waals surface area contributed by atoms with Crippen LogP contribution in [0.2, 0.25) is 0 Å². The highest BCUT2D eigenvalue weighted by atomic mass is 16.1. The summed E-state index contributed by atoms with van der Waals surface area (Å²) in [5.74, 6) is 2.61. The zero-order valence-electron chi connectivity index (χ0n) is 12.5. The molecule has 1 nitrogen and oxygen atoms in total. The second kappa shape index (κ2) is 3.49. The van der Waals surface area contributed by atoms with Crippen molar-refractivity contribution in [3.8, 4) is 0 Å². The molecule has 0 aromatic carbocycles. The van der Waals surface area contributed by atoms with Gasteiger partial charge < -0.3 is 0 Å². The van der Waals surface area contributed by atoms with E-state index in [2.05, 4.69) is 27.7 Å². The predicted molar refractivity (Wildman–Crippen MR) is 74.2 cm³/mol. The van der Waals surface area contributed by atoms with Crippen LogP contribution in [0, 0.1) is 28.6 Å². The Kier molecular flexibility index (Phi) is 2.41. The molecule has 3 aliphatic carbocycles. The Hall–Kier alpha value is -0.590. The van der Waals surface area contributed by atoms with Crippen molar-refractivity contribution in [3.05, 3.63) is 11.1 Å². The smallest absolute Gasteiger partial charge is 0.155 e. The number of hydrogen-bond donors (Lipinski definition) is 0. The molecule has 3 rings (SSSR count). The summed E-state index contributed by atoms with van der Waals surface area (Å²) in [5, 5.41) is 0. The summed E-state index contributed by atoms with van der Waals surface area (Å²) >= 11 is 0. The molecule has 0 aromatic heterocycles.